The summed E-state index contributed by atoms with van der Waals surface area (Å²) in [7, 11) is -4.99. The molecule has 0 spiro atoms. The number of carbonyl (C=O) groups is 6. The van der Waals surface area contributed by atoms with Crippen LogP contribution in [0.4, 0.5) is 4.79 Å². The number of nitrogens with zero attached hydrogens (tertiary/aromatic N) is 3. The maximum absolute atomic E-state index is 13.3. The number of rotatable bonds is 8. The van der Waals surface area contributed by atoms with Crippen molar-refractivity contribution < 1.29 is 41.7 Å². The molecule has 15 nitrogen and oxygen atoms in total. The molecule has 3 atom stereocenters. The van der Waals surface area contributed by atoms with Crippen molar-refractivity contribution in [2.75, 3.05) is 19.6 Å². The van der Waals surface area contributed by atoms with Gasteiger partial charge in [0, 0.05) is 19.6 Å². The first kappa shape index (κ1) is 30.8. The van der Waals surface area contributed by atoms with Crippen molar-refractivity contribution in [2.45, 2.75) is 31.6 Å². The summed E-state index contributed by atoms with van der Waals surface area (Å²) >= 11 is 0. The molecule has 0 aromatic heterocycles. The topological polar surface area (TPSA) is 203 Å². The molecule has 17 heteroatoms. The molecule has 2 heterocycles. The molecule has 0 bridgehead atoms. The Hall–Kier alpha value is -2.41. The summed E-state index contributed by atoms with van der Waals surface area (Å²) in [5.74, 6) is -4.36. The Labute approximate surface area is 254 Å². The van der Waals surface area contributed by atoms with E-state index in [1.54, 1.807) is 25.1 Å². The Morgan fingerprint density at radius 1 is 1.16 bits per heavy atom. The SMILES string of the molecule is CCN1CCN(C(=O)NC(C(=O)NC2(NC=O)C(=O)N(S(=O)(=O)O)C2C)c2ccccc2)C(=O)C1=O.[KH]. The van der Waals surface area contributed by atoms with Crippen LogP contribution in [0.5, 0.6) is 0 Å². The maximum atomic E-state index is 13.3. The zero-order valence-corrected chi connectivity index (χ0v) is 20.0. The van der Waals surface area contributed by atoms with E-state index in [4.69, 9.17) is 0 Å². The number of urea groups is 1. The van der Waals surface area contributed by atoms with Crippen molar-refractivity contribution in [2.24, 2.45) is 0 Å². The van der Waals surface area contributed by atoms with Gasteiger partial charge in [0.2, 0.25) is 18.0 Å². The predicted octanol–water partition coefficient (Wildman–Crippen LogP) is -2.93. The Bertz CT molecular complexity index is 1210. The van der Waals surface area contributed by atoms with Crippen LogP contribution in [-0.2, 0) is 34.3 Å². The second kappa shape index (κ2) is 12.0. The fourth-order valence-corrected chi connectivity index (χ4v) is 4.91. The molecule has 3 rings (SSSR count). The molecular weight excluding hydrogens is 539 g/mol. The van der Waals surface area contributed by atoms with Gasteiger partial charge in [0.15, 0.2) is 0 Å². The first-order chi connectivity index (χ1) is 16.9. The van der Waals surface area contributed by atoms with Crippen LogP contribution in [0.15, 0.2) is 30.3 Å². The van der Waals surface area contributed by atoms with Gasteiger partial charge in [0.05, 0.1) is 6.04 Å². The third kappa shape index (κ3) is 5.87. The molecule has 2 fully saturated rings. The van der Waals surface area contributed by atoms with E-state index >= 15 is 0 Å². The second-order valence-corrected chi connectivity index (χ2v) is 9.24. The van der Waals surface area contributed by atoms with Crippen molar-refractivity contribution in [1.29, 1.82) is 0 Å². The molecule has 0 radical (unpaired) electrons. The van der Waals surface area contributed by atoms with E-state index in [2.05, 4.69) is 16.0 Å². The number of hydrogen-bond acceptors (Lipinski definition) is 8. The van der Waals surface area contributed by atoms with Gasteiger partial charge in [-0.2, -0.15) is 8.42 Å². The van der Waals surface area contributed by atoms with Gasteiger partial charge in [-0.15, -0.1) is 0 Å². The van der Waals surface area contributed by atoms with E-state index < -0.39 is 57.7 Å². The fourth-order valence-electron chi connectivity index (χ4n) is 4.00. The Morgan fingerprint density at radius 3 is 2.30 bits per heavy atom. The average molecular weight is 565 g/mol. The summed E-state index contributed by atoms with van der Waals surface area (Å²) in [5, 5.41) is 6.65. The Balaban J connectivity index is 0.00000481. The van der Waals surface area contributed by atoms with E-state index in [1.807, 2.05) is 0 Å². The van der Waals surface area contributed by atoms with Crippen LogP contribution in [0.3, 0.4) is 0 Å². The zero-order valence-electron chi connectivity index (χ0n) is 19.2. The molecule has 7 amide bonds. The molecule has 2 aliphatic rings. The van der Waals surface area contributed by atoms with Crippen molar-refractivity contribution in [3.05, 3.63) is 35.9 Å². The van der Waals surface area contributed by atoms with Gasteiger partial charge in [0.25, 0.3) is 5.91 Å². The van der Waals surface area contributed by atoms with Crippen LogP contribution in [0.2, 0.25) is 0 Å². The average Bonchev–Trinajstić information content (AvgIpc) is 2.83. The molecule has 0 saturated carbocycles. The van der Waals surface area contributed by atoms with Gasteiger partial charge in [0.1, 0.15) is 6.04 Å². The molecule has 2 aliphatic heterocycles. The van der Waals surface area contributed by atoms with Gasteiger partial charge in [-0.05, 0) is 19.4 Å². The van der Waals surface area contributed by atoms with Crippen LogP contribution >= 0.6 is 0 Å². The van der Waals surface area contributed by atoms with E-state index in [0.717, 1.165) is 6.92 Å². The number of nitrogens with one attached hydrogen (secondary N) is 3. The predicted molar refractivity (Wildman–Crippen MR) is 127 cm³/mol. The number of carbonyl (C=O) groups excluding carboxylic acids is 6. The van der Waals surface area contributed by atoms with Crippen LogP contribution < -0.4 is 16.0 Å². The number of β-lactam (4-membered cyclic amide) rings is 1. The van der Waals surface area contributed by atoms with Gasteiger partial charge >= 0.3 is 79.5 Å². The van der Waals surface area contributed by atoms with E-state index in [9.17, 15) is 41.7 Å². The van der Waals surface area contributed by atoms with Gasteiger partial charge in [-0.1, -0.05) is 30.3 Å². The van der Waals surface area contributed by atoms with Crippen LogP contribution in [0, 0.1) is 0 Å². The zero-order chi connectivity index (χ0) is 26.8. The summed E-state index contributed by atoms with van der Waals surface area (Å²) in [6.07, 6.45) is 0.0591. The summed E-state index contributed by atoms with van der Waals surface area (Å²) in [6, 6.07) is 3.63. The minimum atomic E-state index is -4.99. The third-order valence-corrected chi connectivity index (χ3v) is 6.95. The normalized spacial score (nSPS) is 22.4. The molecule has 37 heavy (non-hydrogen) atoms. The van der Waals surface area contributed by atoms with E-state index in [0.29, 0.717) is 4.90 Å². The van der Waals surface area contributed by atoms with Crippen molar-refractivity contribution in [1.82, 2.24) is 30.1 Å². The van der Waals surface area contributed by atoms with E-state index in [1.165, 1.54) is 17.0 Å². The molecule has 3 unspecified atom stereocenters. The van der Waals surface area contributed by atoms with Gasteiger partial charge < -0.3 is 20.9 Å². The van der Waals surface area contributed by atoms with Crippen molar-refractivity contribution in [3.8, 4) is 0 Å². The van der Waals surface area contributed by atoms with Gasteiger partial charge in [-0.25, -0.2) is 9.10 Å². The van der Waals surface area contributed by atoms with Crippen LogP contribution in [0.1, 0.15) is 25.5 Å². The van der Waals surface area contributed by atoms with E-state index in [-0.39, 0.29) is 87.3 Å². The third-order valence-electron chi connectivity index (χ3n) is 5.97. The molecule has 2 saturated heterocycles. The number of amides is 7. The molecule has 196 valence electrons. The summed E-state index contributed by atoms with van der Waals surface area (Å²) < 4.78 is 32.3. The second-order valence-electron chi connectivity index (χ2n) is 7.95. The standard InChI is InChI=1S/C20H24N6O9S.K.H/c1-3-24-9-10-25(17(30)16(24)29)19(32)22-14(13-7-5-4-6-8-13)15(28)23-20(21-11-27)12(2)26(18(20)31)36(33,34)35;;/h4-8,11-12,14H,3,9-10H2,1-2H3,(H,21,27)(H,22,32)(H,23,28)(H,33,34,35);;. The van der Waals surface area contributed by atoms with Crippen molar-refractivity contribution >= 4 is 97.8 Å². The summed E-state index contributed by atoms with van der Waals surface area (Å²) in [5.41, 5.74) is -2.04. The fraction of sp³-hybridized carbons (Fsp3) is 0.400. The summed E-state index contributed by atoms with van der Waals surface area (Å²) in [6.45, 7) is 3.07. The van der Waals surface area contributed by atoms with Gasteiger partial charge in [-0.3, -0.25) is 33.4 Å². The number of hydrogen-bond donors (Lipinski definition) is 4. The number of piperazine rings is 1. The number of benzene rings is 1. The van der Waals surface area contributed by atoms with Crippen molar-refractivity contribution in [3.63, 3.8) is 0 Å². The Kier molecular flexibility index (Phi) is 9.97. The minimum absolute atomic E-state index is 0. The Morgan fingerprint density at radius 2 is 1.78 bits per heavy atom. The molecular formula is C20H25KN6O9S. The number of likely N-dealkylation sites (N-methyl/N-ethyl adjacent to an activating group) is 1. The number of imide groups is 1. The molecule has 4 N–H and O–H groups in total. The van der Waals surface area contributed by atoms with Crippen LogP contribution in [0.25, 0.3) is 0 Å². The molecule has 0 aliphatic carbocycles. The monoisotopic (exact) mass is 564 g/mol. The first-order valence-electron chi connectivity index (χ1n) is 10.7. The molecule has 1 aromatic carbocycles. The summed E-state index contributed by atoms with van der Waals surface area (Å²) in [4.78, 5) is 76.5. The van der Waals surface area contributed by atoms with Crippen LogP contribution in [-0.4, -0.2) is 146 Å². The molecule has 1 aromatic rings. The quantitative estimate of drug-likeness (QED) is 0.0637. The first-order valence-corrected chi connectivity index (χ1v) is 12.1.